The van der Waals surface area contributed by atoms with E-state index in [0.29, 0.717) is 13.0 Å². The Bertz CT molecular complexity index is 413. The molecule has 112 valence electrons. The first kappa shape index (κ1) is 17.0. The van der Waals surface area contributed by atoms with E-state index in [2.05, 4.69) is 24.0 Å². The van der Waals surface area contributed by atoms with E-state index >= 15 is 0 Å². The third kappa shape index (κ3) is 4.78. The van der Waals surface area contributed by atoms with Gasteiger partial charge in [0, 0.05) is 13.0 Å². The van der Waals surface area contributed by atoms with Crippen molar-refractivity contribution in [2.45, 2.75) is 31.9 Å². The van der Waals surface area contributed by atoms with E-state index in [1.165, 1.54) is 5.56 Å². The number of rotatable bonds is 5. The highest BCUT2D eigenvalue weighted by molar-refractivity contribution is 5.85. The van der Waals surface area contributed by atoms with E-state index in [-0.39, 0.29) is 31.0 Å². The fourth-order valence-electron chi connectivity index (χ4n) is 2.53. The van der Waals surface area contributed by atoms with Crippen molar-refractivity contribution in [2.24, 2.45) is 0 Å². The Morgan fingerprint density at radius 1 is 1.40 bits per heavy atom. The maximum Gasteiger partial charge on any atom is 0.303 e. The third-order valence-corrected chi connectivity index (χ3v) is 3.49. The molecule has 0 saturated carbocycles. The van der Waals surface area contributed by atoms with Gasteiger partial charge < -0.3 is 9.84 Å². The third-order valence-electron chi connectivity index (χ3n) is 3.49. The molecule has 0 spiro atoms. The highest BCUT2D eigenvalue weighted by Crippen LogP contribution is 2.26. The number of hydrogen-bond donors (Lipinski definition) is 1. The van der Waals surface area contributed by atoms with Crippen LogP contribution in [0.15, 0.2) is 30.3 Å². The summed E-state index contributed by atoms with van der Waals surface area (Å²) >= 11 is 0. The fraction of sp³-hybridized carbons (Fsp3) is 0.533. The van der Waals surface area contributed by atoms with Crippen LogP contribution in [-0.4, -0.2) is 41.8 Å². The standard InChI is InChI=1S/C15H21NO3.ClH/c1-12-10-16(9-5-8-15(17)18)14(11-19-12)13-6-3-2-4-7-13;/h2-4,6-7,12,14H,5,8-11H2,1H3,(H,17,18);1H. The van der Waals surface area contributed by atoms with Crippen molar-refractivity contribution in [3.63, 3.8) is 0 Å². The highest BCUT2D eigenvalue weighted by atomic mass is 35.5. The van der Waals surface area contributed by atoms with Crippen molar-refractivity contribution in [2.75, 3.05) is 19.7 Å². The minimum absolute atomic E-state index is 0. The summed E-state index contributed by atoms with van der Waals surface area (Å²) in [4.78, 5) is 13.0. The van der Waals surface area contributed by atoms with Crippen LogP contribution >= 0.6 is 12.4 Å². The predicted octanol–water partition coefficient (Wildman–Crippen LogP) is 2.74. The molecule has 0 aromatic heterocycles. The summed E-state index contributed by atoms with van der Waals surface area (Å²) in [5, 5.41) is 8.73. The maximum atomic E-state index is 10.6. The zero-order valence-corrected chi connectivity index (χ0v) is 12.5. The van der Waals surface area contributed by atoms with Crippen LogP contribution in [0.1, 0.15) is 31.4 Å². The Balaban J connectivity index is 0.00000200. The van der Waals surface area contributed by atoms with Gasteiger partial charge in [0.2, 0.25) is 0 Å². The van der Waals surface area contributed by atoms with Gasteiger partial charge in [-0.2, -0.15) is 0 Å². The molecule has 0 bridgehead atoms. The van der Waals surface area contributed by atoms with Crippen molar-refractivity contribution in [3.8, 4) is 0 Å². The van der Waals surface area contributed by atoms with Gasteiger partial charge in [-0.05, 0) is 25.5 Å². The Labute approximate surface area is 126 Å². The molecule has 0 radical (unpaired) electrons. The van der Waals surface area contributed by atoms with Crippen molar-refractivity contribution in [3.05, 3.63) is 35.9 Å². The number of benzene rings is 1. The monoisotopic (exact) mass is 299 g/mol. The number of carbonyl (C=O) groups is 1. The average Bonchev–Trinajstić information content (AvgIpc) is 2.39. The number of carboxylic acids is 1. The molecule has 1 aromatic carbocycles. The second-order valence-electron chi connectivity index (χ2n) is 5.06. The largest absolute Gasteiger partial charge is 0.481 e. The smallest absolute Gasteiger partial charge is 0.303 e. The first-order valence-corrected chi connectivity index (χ1v) is 6.79. The first-order valence-electron chi connectivity index (χ1n) is 6.79. The SMILES string of the molecule is CC1CN(CCCC(=O)O)C(c2ccccc2)CO1.Cl. The van der Waals surface area contributed by atoms with Crippen LogP contribution in [0.3, 0.4) is 0 Å². The van der Waals surface area contributed by atoms with Crippen LogP contribution in [0.5, 0.6) is 0 Å². The van der Waals surface area contributed by atoms with Gasteiger partial charge in [0.15, 0.2) is 0 Å². The molecular formula is C15H22ClNO3. The van der Waals surface area contributed by atoms with Crippen LogP contribution in [0, 0.1) is 0 Å². The molecule has 0 amide bonds. The van der Waals surface area contributed by atoms with Crippen LogP contribution < -0.4 is 0 Å². The Morgan fingerprint density at radius 3 is 2.75 bits per heavy atom. The number of ether oxygens (including phenoxy) is 1. The molecule has 1 fully saturated rings. The van der Waals surface area contributed by atoms with Crippen LogP contribution in [0.4, 0.5) is 0 Å². The highest BCUT2D eigenvalue weighted by Gasteiger charge is 2.27. The molecule has 0 aliphatic carbocycles. The zero-order chi connectivity index (χ0) is 13.7. The number of aliphatic carboxylic acids is 1. The van der Waals surface area contributed by atoms with E-state index in [9.17, 15) is 4.79 Å². The van der Waals surface area contributed by atoms with Crippen LogP contribution in [0.25, 0.3) is 0 Å². The second kappa shape index (κ2) is 8.25. The number of nitrogens with zero attached hydrogens (tertiary/aromatic N) is 1. The zero-order valence-electron chi connectivity index (χ0n) is 11.7. The van der Waals surface area contributed by atoms with Gasteiger partial charge in [0.1, 0.15) is 0 Å². The lowest BCUT2D eigenvalue weighted by molar-refractivity contribution is -0.137. The lowest BCUT2D eigenvalue weighted by Crippen LogP contribution is -2.44. The van der Waals surface area contributed by atoms with E-state index in [4.69, 9.17) is 9.84 Å². The van der Waals surface area contributed by atoms with E-state index in [0.717, 1.165) is 13.1 Å². The quantitative estimate of drug-likeness (QED) is 0.908. The Kier molecular flexibility index (Phi) is 6.99. The van der Waals surface area contributed by atoms with Crippen molar-refractivity contribution in [1.82, 2.24) is 4.90 Å². The molecular weight excluding hydrogens is 278 g/mol. The molecule has 1 aromatic rings. The summed E-state index contributed by atoms with van der Waals surface area (Å²) in [6.45, 7) is 4.41. The van der Waals surface area contributed by atoms with Gasteiger partial charge in [-0.25, -0.2) is 0 Å². The molecule has 1 N–H and O–H groups in total. The summed E-state index contributed by atoms with van der Waals surface area (Å²) in [5.41, 5.74) is 1.24. The summed E-state index contributed by atoms with van der Waals surface area (Å²) in [7, 11) is 0. The second-order valence-corrected chi connectivity index (χ2v) is 5.06. The molecule has 5 heteroatoms. The van der Waals surface area contributed by atoms with Crippen LogP contribution in [0.2, 0.25) is 0 Å². The number of hydrogen-bond acceptors (Lipinski definition) is 3. The van der Waals surface area contributed by atoms with Gasteiger partial charge in [-0.15, -0.1) is 12.4 Å². The molecule has 20 heavy (non-hydrogen) atoms. The normalized spacial score (nSPS) is 23.1. The van der Waals surface area contributed by atoms with Gasteiger partial charge in [-0.1, -0.05) is 30.3 Å². The molecule has 2 atom stereocenters. The summed E-state index contributed by atoms with van der Waals surface area (Å²) in [5.74, 6) is -0.724. The minimum Gasteiger partial charge on any atom is -0.481 e. The van der Waals surface area contributed by atoms with Gasteiger partial charge in [-0.3, -0.25) is 9.69 Å². The average molecular weight is 300 g/mol. The number of morpholine rings is 1. The van der Waals surface area contributed by atoms with E-state index in [1.54, 1.807) is 0 Å². The van der Waals surface area contributed by atoms with Gasteiger partial charge >= 0.3 is 5.97 Å². The molecule has 1 aliphatic heterocycles. The number of halogens is 1. The first-order chi connectivity index (χ1) is 9.16. The maximum absolute atomic E-state index is 10.6. The van der Waals surface area contributed by atoms with Crippen molar-refractivity contribution in [1.29, 1.82) is 0 Å². The lowest BCUT2D eigenvalue weighted by atomic mass is 10.0. The van der Waals surface area contributed by atoms with Crippen molar-refractivity contribution >= 4 is 18.4 Å². The molecule has 4 nitrogen and oxygen atoms in total. The van der Waals surface area contributed by atoms with Gasteiger partial charge in [0.05, 0.1) is 18.8 Å². The molecule has 2 unspecified atom stereocenters. The van der Waals surface area contributed by atoms with Crippen molar-refractivity contribution < 1.29 is 14.6 Å². The predicted molar refractivity (Wildman–Crippen MR) is 80.3 cm³/mol. The Hall–Kier alpha value is -1.10. The summed E-state index contributed by atoms with van der Waals surface area (Å²) in [6, 6.07) is 10.5. The van der Waals surface area contributed by atoms with Gasteiger partial charge in [0.25, 0.3) is 0 Å². The van der Waals surface area contributed by atoms with E-state index < -0.39 is 5.97 Å². The summed E-state index contributed by atoms with van der Waals surface area (Å²) in [6.07, 6.45) is 1.13. The minimum atomic E-state index is -0.724. The van der Waals surface area contributed by atoms with E-state index in [1.807, 2.05) is 18.2 Å². The Morgan fingerprint density at radius 2 is 2.10 bits per heavy atom. The van der Waals surface area contributed by atoms with Crippen LogP contribution in [-0.2, 0) is 9.53 Å². The number of carboxylic acid groups (broad SMARTS) is 1. The molecule has 1 saturated heterocycles. The summed E-state index contributed by atoms with van der Waals surface area (Å²) < 4.78 is 5.74. The molecule has 1 heterocycles. The molecule has 1 aliphatic rings. The molecule has 2 rings (SSSR count). The topological polar surface area (TPSA) is 49.8 Å². The lowest BCUT2D eigenvalue weighted by Gasteiger charge is -2.39. The fourth-order valence-corrected chi connectivity index (χ4v) is 2.53.